The van der Waals surface area contributed by atoms with Crippen molar-refractivity contribution in [2.75, 3.05) is 11.4 Å². The first-order chi connectivity index (χ1) is 10.3. The zero-order chi connectivity index (χ0) is 16.5. The molecule has 3 nitrogen and oxygen atoms in total. The Bertz CT molecular complexity index is 594. The molecule has 0 amide bonds. The smallest absolute Gasteiger partial charge is 0.388 e. The number of nitriles is 1. The largest absolute Gasteiger partial charge is 0.417 e. The monoisotopic (exact) mass is 312 g/mol. The third-order valence-electron chi connectivity index (χ3n) is 4.54. The van der Waals surface area contributed by atoms with Gasteiger partial charge < -0.3 is 10.0 Å². The minimum absolute atomic E-state index is 0.216. The van der Waals surface area contributed by atoms with Crippen LogP contribution in [0.2, 0.25) is 0 Å². The number of hydrogen-bond acceptors (Lipinski definition) is 3. The normalized spacial score (nSPS) is 25.3. The third-order valence-corrected chi connectivity index (χ3v) is 4.54. The van der Waals surface area contributed by atoms with E-state index in [1.165, 1.54) is 12.1 Å². The minimum atomic E-state index is -4.57. The molecule has 0 radical (unpaired) electrons. The summed E-state index contributed by atoms with van der Waals surface area (Å²) in [5.41, 5.74) is -1.77. The zero-order valence-corrected chi connectivity index (χ0v) is 12.6. The van der Waals surface area contributed by atoms with Crippen molar-refractivity contribution in [3.05, 3.63) is 29.3 Å². The summed E-state index contributed by atoms with van der Waals surface area (Å²) in [6.45, 7) is 4.30. The molecule has 1 aliphatic rings. The van der Waals surface area contributed by atoms with Crippen molar-refractivity contribution in [2.24, 2.45) is 0 Å². The maximum absolute atomic E-state index is 13.1. The van der Waals surface area contributed by atoms with Crippen molar-refractivity contribution in [1.29, 1.82) is 5.26 Å². The van der Waals surface area contributed by atoms with Crippen LogP contribution >= 0.6 is 0 Å². The number of benzene rings is 1. The van der Waals surface area contributed by atoms with E-state index in [9.17, 15) is 18.3 Å². The van der Waals surface area contributed by atoms with E-state index in [2.05, 4.69) is 0 Å². The highest BCUT2D eigenvalue weighted by Gasteiger charge is 2.44. The highest BCUT2D eigenvalue weighted by Crippen LogP contribution is 2.40. The lowest BCUT2D eigenvalue weighted by Crippen LogP contribution is -2.44. The Balaban J connectivity index is 2.44. The Labute approximate surface area is 128 Å². The van der Waals surface area contributed by atoms with Crippen molar-refractivity contribution in [2.45, 2.75) is 50.9 Å². The van der Waals surface area contributed by atoms with Crippen LogP contribution in [0.15, 0.2) is 18.2 Å². The van der Waals surface area contributed by atoms with Crippen LogP contribution in [-0.4, -0.2) is 23.3 Å². The summed E-state index contributed by atoms with van der Waals surface area (Å²) in [4.78, 5) is 1.82. The van der Waals surface area contributed by atoms with Crippen molar-refractivity contribution in [3.63, 3.8) is 0 Å². The van der Waals surface area contributed by atoms with Crippen LogP contribution in [0.5, 0.6) is 0 Å². The number of aliphatic hydroxyl groups is 1. The summed E-state index contributed by atoms with van der Waals surface area (Å²) in [6.07, 6.45) is -2.83. The zero-order valence-electron chi connectivity index (χ0n) is 12.6. The fourth-order valence-electron chi connectivity index (χ4n) is 3.29. The van der Waals surface area contributed by atoms with Gasteiger partial charge in [0.1, 0.15) is 0 Å². The van der Waals surface area contributed by atoms with Crippen LogP contribution in [0.3, 0.4) is 0 Å². The van der Waals surface area contributed by atoms with Gasteiger partial charge in [0.15, 0.2) is 0 Å². The molecule has 0 aliphatic carbocycles. The second kappa shape index (κ2) is 5.81. The first kappa shape index (κ1) is 16.6. The maximum atomic E-state index is 13.1. The summed E-state index contributed by atoms with van der Waals surface area (Å²) in [7, 11) is 0. The van der Waals surface area contributed by atoms with Gasteiger partial charge in [0.25, 0.3) is 0 Å². The fraction of sp³-hybridized carbons (Fsp3) is 0.562. The van der Waals surface area contributed by atoms with Gasteiger partial charge in [-0.1, -0.05) is 13.8 Å². The molecule has 2 atom stereocenters. The second-order valence-corrected chi connectivity index (χ2v) is 5.66. The summed E-state index contributed by atoms with van der Waals surface area (Å²) in [5.74, 6) is 0. The molecular formula is C16H19F3N2O. The number of rotatable bonds is 3. The van der Waals surface area contributed by atoms with E-state index in [0.717, 1.165) is 6.07 Å². The number of hydrogen-bond donors (Lipinski definition) is 1. The quantitative estimate of drug-likeness (QED) is 0.925. The fourth-order valence-corrected chi connectivity index (χ4v) is 3.29. The molecule has 0 spiro atoms. The highest BCUT2D eigenvalue weighted by molar-refractivity contribution is 5.56. The standard InChI is InChI=1S/C16H19F3N2O/c1-3-14-15(22,4-2)7-8-21(14)12-6-5-11(10-20)13(9-12)16(17,18)19/h5-6,9,14,22H,3-4,7-8H2,1-2H3/t14-,15-/m0/s1. The minimum Gasteiger partial charge on any atom is -0.388 e. The van der Waals surface area contributed by atoms with Gasteiger partial charge in [-0.3, -0.25) is 0 Å². The predicted molar refractivity (Wildman–Crippen MR) is 77.4 cm³/mol. The average Bonchev–Trinajstić information content (AvgIpc) is 2.83. The molecule has 1 saturated heterocycles. The topological polar surface area (TPSA) is 47.3 Å². The van der Waals surface area contributed by atoms with Crippen LogP contribution in [-0.2, 0) is 6.18 Å². The van der Waals surface area contributed by atoms with E-state index >= 15 is 0 Å². The van der Waals surface area contributed by atoms with Crippen molar-refractivity contribution >= 4 is 5.69 Å². The molecule has 0 aromatic heterocycles. The molecule has 22 heavy (non-hydrogen) atoms. The molecule has 2 rings (SSSR count). The molecule has 0 unspecified atom stereocenters. The molecule has 0 bridgehead atoms. The van der Waals surface area contributed by atoms with Gasteiger partial charge in [-0.25, -0.2) is 0 Å². The lowest BCUT2D eigenvalue weighted by Gasteiger charge is -2.34. The van der Waals surface area contributed by atoms with Crippen LogP contribution in [0, 0.1) is 11.3 Å². The first-order valence-corrected chi connectivity index (χ1v) is 7.37. The SMILES string of the molecule is CC[C@@H]1N(c2ccc(C#N)c(C(F)(F)F)c2)CC[C@@]1(O)CC. The second-order valence-electron chi connectivity index (χ2n) is 5.66. The summed E-state index contributed by atoms with van der Waals surface area (Å²) in [6, 6.07) is 5.11. The first-order valence-electron chi connectivity index (χ1n) is 7.37. The number of anilines is 1. The number of halogens is 3. The van der Waals surface area contributed by atoms with E-state index in [1.54, 1.807) is 6.07 Å². The van der Waals surface area contributed by atoms with Gasteiger partial charge in [-0.2, -0.15) is 18.4 Å². The Morgan fingerprint density at radius 2 is 2.09 bits per heavy atom. The molecule has 120 valence electrons. The summed E-state index contributed by atoms with van der Waals surface area (Å²) >= 11 is 0. The summed E-state index contributed by atoms with van der Waals surface area (Å²) < 4.78 is 39.2. The molecule has 0 saturated carbocycles. The van der Waals surface area contributed by atoms with Crippen LogP contribution in [0.25, 0.3) is 0 Å². The number of alkyl halides is 3. The molecular weight excluding hydrogens is 293 g/mol. The maximum Gasteiger partial charge on any atom is 0.417 e. The molecule has 1 heterocycles. The molecule has 1 fully saturated rings. The predicted octanol–water partition coefficient (Wildman–Crippen LogP) is 3.71. The van der Waals surface area contributed by atoms with Gasteiger partial charge >= 0.3 is 6.18 Å². The van der Waals surface area contributed by atoms with Gasteiger partial charge in [0.05, 0.1) is 28.8 Å². The van der Waals surface area contributed by atoms with Gasteiger partial charge in [-0.15, -0.1) is 0 Å². The van der Waals surface area contributed by atoms with Crippen LogP contribution < -0.4 is 4.90 Å². The van der Waals surface area contributed by atoms with Crippen molar-refractivity contribution in [1.82, 2.24) is 0 Å². The Morgan fingerprint density at radius 1 is 1.41 bits per heavy atom. The Hall–Kier alpha value is -1.74. The third kappa shape index (κ3) is 2.78. The van der Waals surface area contributed by atoms with Crippen molar-refractivity contribution < 1.29 is 18.3 Å². The Morgan fingerprint density at radius 3 is 2.59 bits per heavy atom. The van der Waals surface area contributed by atoms with E-state index in [4.69, 9.17) is 5.26 Å². The summed E-state index contributed by atoms with van der Waals surface area (Å²) in [5, 5.41) is 19.5. The van der Waals surface area contributed by atoms with Gasteiger partial charge in [0.2, 0.25) is 0 Å². The van der Waals surface area contributed by atoms with E-state index in [1.807, 2.05) is 18.7 Å². The molecule has 6 heteroatoms. The van der Waals surface area contributed by atoms with E-state index < -0.39 is 17.3 Å². The molecule has 1 N–H and O–H groups in total. The van der Waals surface area contributed by atoms with Gasteiger partial charge in [-0.05, 0) is 37.5 Å². The Kier molecular flexibility index (Phi) is 4.39. The highest BCUT2D eigenvalue weighted by atomic mass is 19.4. The average molecular weight is 312 g/mol. The lowest BCUT2D eigenvalue weighted by atomic mass is 9.90. The van der Waals surface area contributed by atoms with E-state index in [-0.39, 0.29) is 11.6 Å². The van der Waals surface area contributed by atoms with Crippen molar-refractivity contribution in [3.8, 4) is 6.07 Å². The van der Waals surface area contributed by atoms with Gasteiger partial charge in [0, 0.05) is 12.2 Å². The molecule has 1 aliphatic heterocycles. The number of nitrogens with zero attached hydrogens (tertiary/aromatic N) is 2. The van der Waals surface area contributed by atoms with E-state index in [0.29, 0.717) is 31.5 Å². The van der Waals surface area contributed by atoms with Crippen LogP contribution in [0.1, 0.15) is 44.2 Å². The van der Waals surface area contributed by atoms with Crippen LogP contribution in [0.4, 0.5) is 18.9 Å². The molecule has 1 aromatic rings. The lowest BCUT2D eigenvalue weighted by molar-refractivity contribution is -0.137. The molecule has 1 aromatic carbocycles.